The maximum Gasteiger partial charge on any atom is 0.337 e. The van der Waals surface area contributed by atoms with Crippen LogP contribution in [0.4, 0.5) is 0 Å². The fourth-order valence-electron chi connectivity index (χ4n) is 2.85. The van der Waals surface area contributed by atoms with Gasteiger partial charge in [0, 0.05) is 12.0 Å². The van der Waals surface area contributed by atoms with Gasteiger partial charge in [0.25, 0.3) is 0 Å². The number of rotatable bonds is 2. The number of methoxy groups -OCH3 is 1. The second-order valence-electron chi connectivity index (χ2n) is 5.18. The van der Waals surface area contributed by atoms with E-state index in [0.717, 1.165) is 35.1 Å². The van der Waals surface area contributed by atoms with Crippen LogP contribution in [0, 0.1) is 0 Å². The van der Waals surface area contributed by atoms with Crippen molar-refractivity contribution >= 4 is 11.8 Å². The molecule has 0 unspecified atom stereocenters. The van der Waals surface area contributed by atoms with E-state index in [9.17, 15) is 9.59 Å². The molecule has 0 saturated carbocycles. The van der Waals surface area contributed by atoms with Gasteiger partial charge >= 0.3 is 5.97 Å². The number of carbonyl (C=O) groups is 2. The fourth-order valence-corrected chi connectivity index (χ4v) is 2.85. The van der Waals surface area contributed by atoms with E-state index in [2.05, 4.69) is 0 Å². The van der Waals surface area contributed by atoms with Crippen LogP contribution in [0.1, 0.15) is 46.5 Å². The molecular formula is C19H20O3. The number of carbonyl (C=O) groups excluding carboxylic acids is 2. The van der Waals surface area contributed by atoms with Crippen molar-refractivity contribution in [2.75, 3.05) is 7.11 Å². The fraction of sp³-hybridized carbons (Fsp3) is 0.263. The summed E-state index contributed by atoms with van der Waals surface area (Å²) in [5.41, 5.74) is 4.60. The molecule has 0 fully saturated rings. The highest BCUT2D eigenvalue weighted by Gasteiger charge is 2.20. The first-order valence-electron chi connectivity index (χ1n) is 7.04. The number of esters is 1. The third-order valence-corrected chi connectivity index (χ3v) is 3.92. The van der Waals surface area contributed by atoms with Gasteiger partial charge < -0.3 is 4.74 Å². The van der Waals surface area contributed by atoms with Crippen molar-refractivity contribution in [1.82, 2.24) is 0 Å². The van der Waals surface area contributed by atoms with E-state index in [1.807, 2.05) is 30.3 Å². The number of hydrogen-bond donors (Lipinski definition) is 0. The van der Waals surface area contributed by atoms with Crippen molar-refractivity contribution in [3.05, 3.63) is 59.2 Å². The van der Waals surface area contributed by atoms with Gasteiger partial charge in [0.2, 0.25) is 0 Å². The van der Waals surface area contributed by atoms with Crippen LogP contribution in [0.2, 0.25) is 0 Å². The Morgan fingerprint density at radius 2 is 1.68 bits per heavy atom. The van der Waals surface area contributed by atoms with Gasteiger partial charge in [-0.05, 0) is 41.7 Å². The minimum atomic E-state index is -0.341. The first-order chi connectivity index (χ1) is 10.2. The van der Waals surface area contributed by atoms with Crippen LogP contribution in [0.15, 0.2) is 42.5 Å². The van der Waals surface area contributed by atoms with Crippen LogP contribution in [0.25, 0.3) is 11.1 Å². The predicted octanol–water partition coefficient (Wildman–Crippen LogP) is 4.30. The summed E-state index contributed by atoms with van der Waals surface area (Å²) in [4.78, 5) is 23.5. The standard InChI is InChI=1S/C18H16O3.CH4/c1-21-18(20)13-10-8-12(9-11-13)14-4-2-6-16-15(14)5-3-7-17(16)19;/h2,4,6,8-11H,3,5,7H2,1H3;1H4. The molecule has 114 valence electrons. The van der Waals surface area contributed by atoms with Gasteiger partial charge in [0.15, 0.2) is 5.78 Å². The highest BCUT2D eigenvalue weighted by atomic mass is 16.5. The van der Waals surface area contributed by atoms with E-state index in [4.69, 9.17) is 4.74 Å². The Balaban J connectivity index is 0.00000176. The van der Waals surface area contributed by atoms with Crippen molar-refractivity contribution < 1.29 is 14.3 Å². The first kappa shape index (κ1) is 16.0. The van der Waals surface area contributed by atoms with E-state index in [1.54, 1.807) is 12.1 Å². The van der Waals surface area contributed by atoms with Crippen LogP contribution in [-0.4, -0.2) is 18.9 Å². The Labute approximate surface area is 130 Å². The molecule has 0 heterocycles. The number of ether oxygens (including phenoxy) is 1. The Morgan fingerprint density at radius 1 is 1.00 bits per heavy atom. The molecule has 0 radical (unpaired) electrons. The second-order valence-corrected chi connectivity index (χ2v) is 5.18. The molecule has 0 spiro atoms. The zero-order chi connectivity index (χ0) is 14.8. The molecule has 22 heavy (non-hydrogen) atoms. The maximum absolute atomic E-state index is 12.0. The zero-order valence-corrected chi connectivity index (χ0v) is 11.9. The lowest BCUT2D eigenvalue weighted by Gasteiger charge is -2.18. The molecule has 3 nitrogen and oxygen atoms in total. The summed E-state index contributed by atoms with van der Waals surface area (Å²) >= 11 is 0. The number of ketones is 1. The third kappa shape index (κ3) is 2.80. The number of hydrogen-bond acceptors (Lipinski definition) is 3. The van der Waals surface area contributed by atoms with Crippen molar-refractivity contribution in [2.45, 2.75) is 26.7 Å². The molecule has 0 N–H and O–H groups in total. The molecule has 1 aliphatic rings. The van der Waals surface area contributed by atoms with E-state index in [0.29, 0.717) is 12.0 Å². The van der Waals surface area contributed by atoms with Crippen LogP contribution >= 0.6 is 0 Å². The van der Waals surface area contributed by atoms with Gasteiger partial charge in [-0.3, -0.25) is 4.79 Å². The van der Waals surface area contributed by atoms with E-state index >= 15 is 0 Å². The molecule has 0 bridgehead atoms. The Kier molecular flexibility index (Phi) is 4.76. The quantitative estimate of drug-likeness (QED) is 0.776. The lowest BCUT2D eigenvalue weighted by atomic mass is 9.85. The monoisotopic (exact) mass is 296 g/mol. The van der Waals surface area contributed by atoms with Gasteiger partial charge in [-0.1, -0.05) is 37.8 Å². The van der Waals surface area contributed by atoms with Gasteiger partial charge in [0.05, 0.1) is 12.7 Å². The zero-order valence-electron chi connectivity index (χ0n) is 11.9. The van der Waals surface area contributed by atoms with Crippen LogP contribution in [-0.2, 0) is 11.2 Å². The highest BCUT2D eigenvalue weighted by Crippen LogP contribution is 2.31. The normalized spacial score (nSPS) is 13.0. The summed E-state index contributed by atoms with van der Waals surface area (Å²) in [7, 11) is 1.37. The average molecular weight is 296 g/mol. The lowest BCUT2D eigenvalue weighted by Crippen LogP contribution is -2.11. The van der Waals surface area contributed by atoms with Gasteiger partial charge in [-0.15, -0.1) is 0 Å². The van der Waals surface area contributed by atoms with Crippen LogP contribution in [0.3, 0.4) is 0 Å². The third-order valence-electron chi connectivity index (χ3n) is 3.92. The van der Waals surface area contributed by atoms with E-state index in [-0.39, 0.29) is 19.2 Å². The SMILES string of the molecule is C.COC(=O)c1ccc(-c2cccc3c2CCCC3=O)cc1. The van der Waals surface area contributed by atoms with Crippen LogP contribution in [0.5, 0.6) is 0 Å². The van der Waals surface area contributed by atoms with Gasteiger partial charge in [-0.2, -0.15) is 0 Å². The molecule has 0 aliphatic heterocycles. The molecule has 3 heteroatoms. The number of Topliss-reactive ketones (excluding diaryl/α,β-unsaturated/α-hetero) is 1. The smallest absolute Gasteiger partial charge is 0.337 e. The van der Waals surface area contributed by atoms with Crippen LogP contribution < -0.4 is 0 Å². The summed E-state index contributed by atoms with van der Waals surface area (Å²) < 4.78 is 4.70. The van der Waals surface area contributed by atoms with Crippen molar-refractivity contribution in [3.8, 4) is 11.1 Å². The summed E-state index contributed by atoms with van der Waals surface area (Å²) in [5, 5.41) is 0. The Bertz CT molecular complexity index is 699. The van der Waals surface area contributed by atoms with Crippen molar-refractivity contribution in [2.24, 2.45) is 0 Å². The first-order valence-corrected chi connectivity index (χ1v) is 7.04. The Hall–Kier alpha value is -2.42. The highest BCUT2D eigenvalue weighted by molar-refractivity contribution is 6.00. The predicted molar refractivity (Wildman–Crippen MR) is 87.2 cm³/mol. The van der Waals surface area contributed by atoms with E-state index in [1.165, 1.54) is 7.11 Å². The van der Waals surface area contributed by atoms with Gasteiger partial charge in [0.1, 0.15) is 0 Å². The van der Waals surface area contributed by atoms with Crippen molar-refractivity contribution in [3.63, 3.8) is 0 Å². The minimum absolute atomic E-state index is 0. The molecule has 2 aromatic carbocycles. The largest absolute Gasteiger partial charge is 0.465 e. The second kappa shape index (κ2) is 6.56. The lowest BCUT2D eigenvalue weighted by molar-refractivity contribution is 0.0600. The van der Waals surface area contributed by atoms with Gasteiger partial charge in [-0.25, -0.2) is 4.79 Å². The Morgan fingerprint density at radius 3 is 2.36 bits per heavy atom. The summed E-state index contributed by atoms with van der Waals surface area (Å²) in [6, 6.07) is 13.2. The number of fused-ring (bicyclic) bond motifs is 1. The minimum Gasteiger partial charge on any atom is -0.465 e. The molecule has 3 rings (SSSR count). The maximum atomic E-state index is 12.0. The molecule has 2 aromatic rings. The van der Waals surface area contributed by atoms with E-state index < -0.39 is 0 Å². The number of benzene rings is 2. The molecule has 1 aliphatic carbocycles. The summed E-state index contributed by atoms with van der Waals surface area (Å²) in [6.07, 6.45) is 2.47. The molecule has 0 amide bonds. The molecular weight excluding hydrogens is 276 g/mol. The summed E-state index contributed by atoms with van der Waals surface area (Å²) in [6.45, 7) is 0. The molecule has 0 saturated heterocycles. The molecule has 0 aromatic heterocycles. The van der Waals surface area contributed by atoms with Crippen molar-refractivity contribution in [1.29, 1.82) is 0 Å². The topological polar surface area (TPSA) is 43.4 Å². The molecule has 0 atom stereocenters. The average Bonchev–Trinajstić information content (AvgIpc) is 2.54. The summed E-state index contributed by atoms with van der Waals surface area (Å²) in [5.74, 6) is -0.115.